The average Bonchev–Trinajstić information content (AvgIpc) is 2.74. The summed E-state index contributed by atoms with van der Waals surface area (Å²) in [5, 5.41) is 9.30. The molecular weight excluding hydrogens is 210 g/mol. The quantitative estimate of drug-likeness (QED) is 0.627. The highest BCUT2D eigenvalue weighted by Crippen LogP contribution is 2.68. The SMILES string of the molecule is CC1(C)[C@H]2C[C@@H]3C[C@H]2[C@@](C#N)(C3)S1(=O)=O. The van der Waals surface area contributed by atoms with Crippen molar-refractivity contribution in [3.05, 3.63) is 0 Å². The van der Waals surface area contributed by atoms with Crippen molar-refractivity contribution in [2.75, 3.05) is 0 Å². The van der Waals surface area contributed by atoms with Gasteiger partial charge in [0.15, 0.2) is 14.6 Å². The highest BCUT2D eigenvalue weighted by atomic mass is 32.2. The van der Waals surface area contributed by atoms with E-state index in [0.717, 1.165) is 12.8 Å². The zero-order valence-corrected chi connectivity index (χ0v) is 9.84. The van der Waals surface area contributed by atoms with E-state index in [0.29, 0.717) is 12.3 Å². The minimum absolute atomic E-state index is 0.118. The molecule has 0 aromatic rings. The van der Waals surface area contributed by atoms with Crippen molar-refractivity contribution in [1.29, 1.82) is 5.26 Å². The number of nitriles is 1. The molecule has 2 aliphatic carbocycles. The molecule has 1 aliphatic heterocycles. The Morgan fingerprint density at radius 2 is 1.87 bits per heavy atom. The number of nitrogens with zero attached hydrogens (tertiary/aromatic N) is 1. The second kappa shape index (κ2) is 2.24. The molecule has 3 nitrogen and oxygen atoms in total. The first-order chi connectivity index (χ1) is 6.87. The maximum atomic E-state index is 12.5. The van der Waals surface area contributed by atoms with Crippen molar-refractivity contribution >= 4 is 9.84 Å². The molecule has 2 bridgehead atoms. The highest BCUT2D eigenvalue weighted by molar-refractivity contribution is 7.94. The maximum absolute atomic E-state index is 12.5. The molecule has 3 fully saturated rings. The summed E-state index contributed by atoms with van der Waals surface area (Å²) in [6.07, 6.45) is 2.57. The molecule has 4 heteroatoms. The molecule has 0 radical (unpaired) electrons. The lowest BCUT2D eigenvalue weighted by molar-refractivity contribution is 0.292. The number of hydrogen-bond donors (Lipinski definition) is 0. The first kappa shape index (κ1) is 9.65. The smallest absolute Gasteiger partial charge is 0.175 e. The van der Waals surface area contributed by atoms with Crippen LogP contribution in [-0.4, -0.2) is 17.9 Å². The van der Waals surface area contributed by atoms with Crippen LogP contribution in [0.2, 0.25) is 0 Å². The first-order valence-electron chi connectivity index (χ1n) is 5.52. The Bertz CT molecular complexity index is 473. The minimum atomic E-state index is -3.28. The van der Waals surface area contributed by atoms with E-state index >= 15 is 0 Å². The molecule has 2 saturated carbocycles. The predicted molar refractivity (Wildman–Crippen MR) is 55.7 cm³/mol. The summed E-state index contributed by atoms with van der Waals surface area (Å²) in [4.78, 5) is 0. The van der Waals surface area contributed by atoms with Gasteiger partial charge in [-0.05, 0) is 50.9 Å². The molecule has 0 aromatic carbocycles. The van der Waals surface area contributed by atoms with Gasteiger partial charge in [-0.1, -0.05) is 0 Å². The lowest BCUT2D eigenvalue weighted by atomic mass is 9.76. The monoisotopic (exact) mass is 225 g/mol. The molecule has 3 rings (SSSR count). The lowest BCUT2D eigenvalue weighted by Gasteiger charge is -2.24. The Kier molecular flexibility index (Phi) is 1.44. The molecule has 0 unspecified atom stereocenters. The third-order valence-corrected chi connectivity index (χ3v) is 8.31. The van der Waals surface area contributed by atoms with E-state index in [1.807, 2.05) is 13.8 Å². The summed E-state index contributed by atoms with van der Waals surface area (Å²) >= 11 is 0. The van der Waals surface area contributed by atoms with Crippen LogP contribution in [0.15, 0.2) is 0 Å². The van der Waals surface area contributed by atoms with E-state index in [1.165, 1.54) is 0 Å². The van der Waals surface area contributed by atoms with Crippen molar-refractivity contribution in [2.45, 2.75) is 42.6 Å². The Balaban J connectivity index is 2.32. The van der Waals surface area contributed by atoms with Crippen LogP contribution in [0.5, 0.6) is 0 Å². The van der Waals surface area contributed by atoms with Gasteiger partial charge in [0, 0.05) is 0 Å². The molecule has 0 aromatic heterocycles. The fraction of sp³-hybridized carbons (Fsp3) is 0.909. The zero-order valence-electron chi connectivity index (χ0n) is 9.03. The third kappa shape index (κ3) is 0.720. The second-order valence-electron chi connectivity index (χ2n) is 5.86. The van der Waals surface area contributed by atoms with Gasteiger partial charge in [-0.15, -0.1) is 0 Å². The Labute approximate surface area is 90.4 Å². The van der Waals surface area contributed by atoms with Crippen LogP contribution in [-0.2, 0) is 9.84 Å². The van der Waals surface area contributed by atoms with Crippen molar-refractivity contribution < 1.29 is 8.42 Å². The zero-order chi connectivity index (χ0) is 11.1. The number of fused-ring (bicyclic) bond motifs is 1. The third-order valence-electron chi connectivity index (χ3n) is 5.11. The van der Waals surface area contributed by atoms with E-state index in [4.69, 9.17) is 0 Å². The minimum Gasteiger partial charge on any atom is -0.227 e. The molecule has 1 heterocycles. The number of rotatable bonds is 0. The summed E-state index contributed by atoms with van der Waals surface area (Å²) in [5.41, 5.74) is 0. The van der Waals surface area contributed by atoms with E-state index in [1.54, 1.807) is 0 Å². The van der Waals surface area contributed by atoms with Crippen LogP contribution in [0.1, 0.15) is 33.1 Å². The van der Waals surface area contributed by atoms with Gasteiger partial charge in [-0.25, -0.2) is 8.42 Å². The summed E-state index contributed by atoms with van der Waals surface area (Å²) in [5.74, 6) is 0.824. The van der Waals surface area contributed by atoms with Crippen molar-refractivity contribution in [1.82, 2.24) is 0 Å². The van der Waals surface area contributed by atoms with E-state index in [9.17, 15) is 13.7 Å². The lowest BCUT2D eigenvalue weighted by Crippen LogP contribution is -2.40. The Morgan fingerprint density at radius 1 is 1.27 bits per heavy atom. The van der Waals surface area contributed by atoms with Gasteiger partial charge < -0.3 is 0 Å². The van der Waals surface area contributed by atoms with E-state index in [2.05, 4.69) is 6.07 Å². The van der Waals surface area contributed by atoms with Gasteiger partial charge in [0.1, 0.15) is 0 Å². The van der Waals surface area contributed by atoms with Gasteiger partial charge in [0.25, 0.3) is 0 Å². The second-order valence-corrected chi connectivity index (χ2v) is 8.65. The molecule has 82 valence electrons. The van der Waals surface area contributed by atoms with Gasteiger partial charge in [-0.3, -0.25) is 0 Å². The van der Waals surface area contributed by atoms with E-state index < -0.39 is 19.3 Å². The normalized spacial score (nSPS) is 53.0. The maximum Gasteiger partial charge on any atom is 0.175 e. The molecule has 3 aliphatic rings. The van der Waals surface area contributed by atoms with E-state index in [-0.39, 0.29) is 11.8 Å². The molecular formula is C11H15NO2S. The molecule has 0 amide bonds. The summed E-state index contributed by atoms with van der Waals surface area (Å²) < 4.78 is 23.2. The van der Waals surface area contributed by atoms with Crippen LogP contribution < -0.4 is 0 Å². The average molecular weight is 225 g/mol. The molecule has 0 spiro atoms. The highest BCUT2D eigenvalue weighted by Gasteiger charge is 2.75. The molecule has 4 atom stereocenters. The summed E-state index contributed by atoms with van der Waals surface area (Å²) in [6, 6.07) is 2.16. The van der Waals surface area contributed by atoms with Crippen LogP contribution >= 0.6 is 0 Å². The van der Waals surface area contributed by atoms with Crippen LogP contribution in [0.25, 0.3) is 0 Å². The van der Waals surface area contributed by atoms with Gasteiger partial charge >= 0.3 is 0 Å². The number of sulfone groups is 1. The molecule has 1 saturated heterocycles. The van der Waals surface area contributed by atoms with Crippen molar-refractivity contribution in [3.8, 4) is 6.07 Å². The summed E-state index contributed by atoms with van der Waals surface area (Å²) in [6.45, 7) is 3.62. The van der Waals surface area contributed by atoms with Crippen LogP contribution in [0, 0.1) is 29.1 Å². The summed E-state index contributed by atoms with van der Waals surface area (Å²) in [7, 11) is -3.28. The largest absolute Gasteiger partial charge is 0.227 e. The first-order valence-corrected chi connectivity index (χ1v) is 7.00. The van der Waals surface area contributed by atoms with Crippen LogP contribution in [0.3, 0.4) is 0 Å². The van der Waals surface area contributed by atoms with Gasteiger partial charge in [-0.2, -0.15) is 5.26 Å². The fourth-order valence-electron chi connectivity index (χ4n) is 4.34. The predicted octanol–water partition coefficient (Wildman–Crippen LogP) is 1.50. The Hall–Kier alpha value is -0.560. The fourth-order valence-corrected chi connectivity index (χ4v) is 7.17. The van der Waals surface area contributed by atoms with Crippen LogP contribution in [0.4, 0.5) is 0 Å². The topological polar surface area (TPSA) is 57.9 Å². The Morgan fingerprint density at radius 3 is 2.33 bits per heavy atom. The standard InChI is InChI=1S/C11H15NO2S/c1-10(2)8-3-7-4-9(8)11(5-7,6-12)15(10,13)14/h7-9H,3-5H2,1-2H3/t7-,8+,9-,11+/m1/s1. The molecule has 15 heavy (non-hydrogen) atoms. The van der Waals surface area contributed by atoms with Gasteiger partial charge in [0.05, 0.1) is 10.8 Å². The number of hydrogen-bond acceptors (Lipinski definition) is 3. The molecule has 0 N–H and O–H groups in total. The van der Waals surface area contributed by atoms with Crippen molar-refractivity contribution in [2.24, 2.45) is 17.8 Å². The van der Waals surface area contributed by atoms with Gasteiger partial charge in [0.2, 0.25) is 0 Å². The van der Waals surface area contributed by atoms with Crippen molar-refractivity contribution in [3.63, 3.8) is 0 Å².